The van der Waals surface area contributed by atoms with E-state index in [0.29, 0.717) is 0 Å². The lowest BCUT2D eigenvalue weighted by Crippen LogP contribution is -1.94. The molecule has 0 aliphatic heterocycles. The number of hydrogen-bond donors (Lipinski definition) is 0. The molecule has 0 aliphatic carbocycles. The number of pyridine rings is 1. The molecule has 0 atom stereocenters. The Balaban J connectivity index is 1.32. The summed E-state index contributed by atoms with van der Waals surface area (Å²) in [6.45, 7) is 0. The van der Waals surface area contributed by atoms with E-state index < -0.39 is 0 Å². The first-order valence-corrected chi connectivity index (χ1v) is 14.6. The van der Waals surface area contributed by atoms with E-state index in [2.05, 4.69) is 124 Å². The zero-order chi connectivity index (χ0) is 26.9. The number of fused-ring (bicyclic) bond motifs is 8. The van der Waals surface area contributed by atoms with Gasteiger partial charge in [0.25, 0.3) is 0 Å². The van der Waals surface area contributed by atoms with Crippen LogP contribution in [0.15, 0.2) is 140 Å². The van der Waals surface area contributed by atoms with Gasteiger partial charge in [0.15, 0.2) is 0 Å². The van der Waals surface area contributed by atoms with Gasteiger partial charge < -0.3 is 8.97 Å². The van der Waals surface area contributed by atoms with Crippen molar-refractivity contribution in [2.24, 2.45) is 0 Å². The molecule has 4 heteroatoms. The van der Waals surface area contributed by atoms with Gasteiger partial charge in [-0.3, -0.25) is 0 Å². The summed E-state index contributed by atoms with van der Waals surface area (Å²) in [6.07, 6.45) is 4.13. The van der Waals surface area contributed by atoms with Gasteiger partial charge in [0, 0.05) is 54.6 Å². The maximum Gasteiger partial charge on any atom is 0.137 e. The third-order valence-corrected chi connectivity index (χ3v) is 9.30. The molecule has 5 aromatic carbocycles. The maximum atomic E-state index is 4.84. The summed E-state index contributed by atoms with van der Waals surface area (Å²) in [4.78, 5) is 4.84. The topological polar surface area (TPSA) is 22.2 Å². The fourth-order valence-electron chi connectivity index (χ4n) is 6.25. The molecule has 0 fully saturated rings. The Kier molecular flexibility index (Phi) is 4.77. The Morgan fingerprint density at radius 2 is 1.37 bits per heavy atom. The van der Waals surface area contributed by atoms with E-state index in [-0.39, 0.29) is 0 Å². The van der Waals surface area contributed by atoms with Gasteiger partial charge in [0.1, 0.15) is 5.65 Å². The summed E-state index contributed by atoms with van der Waals surface area (Å²) in [7, 11) is 0. The number of benzene rings is 5. The molecule has 9 aromatic rings. The summed E-state index contributed by atoms with van der Waals surface area (Å²) in [6, 6.07) is 45.9. The van der Waals surface area contributed by atoms with Gasteiger partial charge in [-0.2, -0.15) is 0 Å². The van der Waals surface area contributed by atoms with E-state index >= 15 is 0 Å². The van der Waals surface area contributed by atoms with Crippen molar-refractivity contribution in [3.8, 4) is 28.1 Å². The third kappa shape index (κ3) is 3.41. The van der Waals surface area contributed by atoms with E-state index in [9.17, 15) is 0 Å². The summed E-state index contributed by atoms with van der Waals surface area (Å²) < 4.78 is 7.15. The summed E-state index contributed by atoms with van der Waals surface area (Å²) in [5.41, 5.74) is 9.12. The minimum atomic E-state index is 0.954. The summed E-state index contributed by atoms with van der Waals surface area (Å²) in [5, 5.41) is 5.18. The Morgan fingerprint density at radius 3 is 2.24 bits per heavy atom. The number of imidazole rings is 1. The molecule has 0 aliphatic rings. The maximum absolute atomic E-state index is 4.84. The molecular formula is C37H23N3S. The molecule has 192 valence electrons. The van der Waals surface area contributed by atoms with Crippen LogP contribution in [0, 0.1) is 0 Å². The molecule has 41 heavy (non-hydrogen) atoms. The molecule has 9 rings (SSSR count). The average Bonchev–Trinajstić information content (AvgIpc) is 3.73. The fraction of sp³-hybridized carbons (Fsp3) is 0. The number of nitrogens with zero attached hydrogens (tertiary/aromatic N) is 3. The molecule has 0 radical (unpaired) electrons. The normalized spacial score (nSPS) is 11.9. The van der Waals surface area contributed by atoms with Crippen molar-refractivity contribution in [1.82, 2.24) is 14.0 Å². The van der Waals surface area contributed by atoms with Gasteiger partial charge in [-0.1, -0.05) is 78.9 Å². The predicted octanol–water partition coefficient (Wildman–Crippen LogP) is 10.1. The van der Waals surface area contributed by atoms with E-state index in [1.165, 1.54) is 53.1 Å². The molecule has 0 saturated heterocycles. The lowest BCUT2D eigenvalue weighted by Gasteiger charge is -2.10. The van der Waals surface area contributed by atoms with Crippen molar-refractivity contribution in [3.63, 3.8) is 0 Å². The number of hydrogen-bond acceptors (Lipinski definition) is 2. The minimum Gasteiger partial charge on any atom is -0.309 e. The van der Waals surface area contributed by atoms with Gasteiger partial charge in [-0.25, -0.2) is 4.98 Å². The summed E-state index contributed by atoms with van der Waals surface area (Å²) in [5.74, 6) is 0. The van der Waals surface area contributed by atoms with Crippen LogP contribution in [0.5, 0.6) is 0 Å². The van der Waals surface area contributed by atoms with Gasteiger partial charge in [0.2, 0.25) is 0 Å². The predicted molar refractivity (Wildman–Crippen MR) is 173 cm³/mol. The van der Waals surface area contributed by atoms with Gasteiger partial charge in [-0.05, 0) is 59.7 Å². The second kappa shape index (κ2) is 8.65. The first-order chi connectivity index (χ1) is 20.3. The van der Waals surface area contributed by atoms with E-state index in [4.69, 9.17) is 4.98 Å². The second-order valence-electron chi connectivity index (χ2n) is 10.5. The highest BCUT2D eigenvalue weighted by molar-refractivity contribution is 7.26. The Hall–Kier alpha value is -5.19. The van der Waals surface area contributed by atoms with Crippen LogP contribution in [-0.4, -0.2) is 14.0 Å². The van der Waals surface area contributed by atoms with Crippen molar-refractivity contribution >= 4 is 59.0 Å². The lowest BCUT2D eigenvalue weighted by atomic mass is 10.0. The SMILES string of the molecule is c1ccc(-c2ccc3c(c2)c2ccc4sc5ccccc5c4c2n3-c2ccc(-c3cn4ccccc4n3)cc2)cc1. The van der Waals surface area contributed by atoms with Crippen molar-refractivity contribution < 1.29 is 0 Å². The molecular weight excluding hydrogens is 518 g/mol. The first-order valence-electron chi connectivity index (χ1n) is 13.8. The van der Waals surface area contributed by atoms with Crippen molar-refractivity contribution in [3.05, 3.63) is 140 Å². The molecule has 0 unspecified atom stereocenters. The Bertz CT molecular complexity index is 2370. The van der Waals surface area contributed by atoms with Crippen molar-refractivity contribution in [1.29, 1.82) is 0 Å². The van der Waals surface area contributed by atoms with Gasteiger partial charge in [0.05, 0.1) is 16.7 Å². The quantitative estimate of drug-likeness (QED) is 0.218. The first kappa shape index (κ1) is 22.6. The molecule has 4 heterocycles. The van der Waals surface area contributed by atoms with Gasteiger partial charge in [-0.15, -0.1) is 11.3 Å². The molecule has 0 spiro atoms. The highest BCUT2D eigenvalue weighted by atomic mass is 32.1. The summed E-state index contributed by atoms with van der Waals surface area (Å²) >= 11 is 1.87. The van der Waals surface area contributed by atoms with E-state index in [1.54, 1.807) is 0 Å². The van der Waals surface area contributed by atoms with E-state index in [1.807, 2.05) is 35.7 Å². The molecule has 4 aromatic heterocycles. The van der Waals surface area contributed by atoms with Crippen LogP contribution >= 0.6 is 11.3 Å². The molecule has 0 N–H and O–H groups in total. The molecule has 0 saturated carbocycles. The molecule has 0 amide bonds. The number of aromatic nitrogens is 3. The molecule has 0 bridgehead atoms. The van der Waals surface area contributed by atoms with Crippen LogP contribution in [0.3, 0.4) is 0 Å². The zero-order valence-corrected chi connectivity index (χ0v) is 22.8. The van der Waals surface area contributed by atoms with Gasteiger partial charge >= 0.3 is 0 Å². The van der Waals surface area contributed by atoms with Crippen LogP contribution in [0.2, 0.25) is 0 Å². The Labute approximate surface area is 240 Å². The largest absolute Gasteiger partial charge is 0.309 e. The monoisotopic (exact) mass is 541 g/mol. The number of rotatable bonds is 3. The van der Waals surface area contributed by atoms with Crippen LogP contribution in [0.4, 0.5) is 0 Å². The Morgan fingerprint density at radius 1 is 0.561 bits per heavy atom. The van der Waals surface area contributed by atoms with E-state index in [0.717, 1.165) is 22.6 Å². The highest BCUT2D eigenvalue weighted by Gasteiger charge is 2.19. The fourth-order valence-corrected chi connectivity index (χ4v) is 7.36. The van der Waals surface area contributed by atoms with Crippen LogP contribution in [-0.2, 0) is 0 Å². The average molecular weight is 542 g/mol. The second-order valence-corrected chi connectivity index (χ2v) is 11.6. The third-order valence-electron chi connectivity index (χ3n) is 8.16. The van der Waals surface area contributed by atoms with Crippen LogP contribution in [0.1, 0.15) is 0 Å². The lowest BCUT2D eigenvalue weighted by molar-refractivity contribution is 1.18. The molecule has 3 nitrogen and oxygen atoms in total. The van der Waals surface area contributed by atoms with Crippen LogP contribution in [0.25, 0.3) is 75.7 Å². The highest BCUT2D eigenvalue weighted by Crippen LogP contribution is 2.43. The number of thiophene rings is 1. The van der Waals surface area contributed by atoms with Crippen molar-refractivity contribution in [2.45, 2.75) is 0 Å². The zero-order valence-electron chi connectivity index (χ0n) is 22.0. The van der Waals surface area contributed by atoms with Crippen molar-refractivity contribution in [2.75, 3.05) is 0 Å². The smallest absolute Gasteiger partial charge is 0.137 e. The standard InChI is InChI=1S/C37H23N3S/c1-2-8-24(9-3-1)26-15-19-32-30(22-26)28-18-20-34-36(29-10-4-5-11-33(29)41-34)37(28)40(32)27-16-13-25(14-17-27)31-23-39-21-7-6-12-35(39)38-31/h1-23H. The van der Waals surface area contributed by atoms with Crippen LogP contribution < -0.4 is 0 Å². The minimum absolute atomic E-state index is 0.954.